The largest absolute Gasteiger partial charge is 0.331 e. The summed E-state index contributed by atoms with van der Waals surface area (Å²) in [6, 6.07) is 8.25. The summed E-state index contributed by atoms with van der Waals surface area (Å²) >= 11 is 0. The van der Waals surface area contributed by atoms with Crippen LogP contribution in [0.15, 0.2) is 29.4 Å². The Morgan fingerprint density at radius 3 is 2.48 bits per heavy atom. The minimum atomic E-state index is -0.364. The summed E-state index contributed by atoms with van der Waals surface area (Å²) in [5, 5.41) is 4.07. The Bertz CT molecular complexity index is 484. The molecule has 0 unspecified atom stereocenters. The molecule has 0 bridgehead atoms. The first-order chi connectivity index (χ1) is 10.1. The molecule has 114 valence electrons. The molecule has 0 atom stereocenters. The van der Waals surface area contributed by atoms with Crippen LogP contribution in [0.4, 0.5) is 0 Å². The number of hydrogen-bond acceptors (Lipinski definition) is 3. The third-order valence-corrected chi connectivity index (χ3v) is 4.18. The molecule has 1 aromatic rings. The van der Waals surface area contributed by atoms with Crippen LogP contribution >= 0.6 is 0 Å². The van der Waals surface area contributed by atoms with E-state index in [1.165, 1.54) is 44.6 Å². The highest BCUT2D eigenvalue weighted by Gasteiger charge is 2.15. The number of nitrogens with zero attached hydrogens (tertiary/aromatic N) is 1. The maximum Gasteiger partial charge on any atom is 0.331 e. The van der Waals surface area contributed by atoms with Crippen molar-refractivity contribution in [3.05, 3.63) is 35.4 Å². The van der Waals surface area contributed by atoms with Gasteiger partial charge in [0.05, 0.1) is 5.71 Å². The zero-order chi connectivity index (χ0) is 15.1. The van der Waals surface area contributed by atoms with Crippen LogP contribution in [-0.4, -0.2) is 11.7 Å². The molecular weight excluding hydrogens is 262 g/mol. The van der Waals surface area contributed by atoms with E-state index in [2.05, 4.69) is 36.3 Å². The van der Waals surface area contributed by atoms with Crippen LogP contribution in [0.5, 0.6) is 0 Å². The number of hydrogen-bond donors (Lipinski definition) is 0. The molecule has 0 spiro atoms. The van der Waals surface area contributed by atoms with E-state index in [4.69, 9.17) is 4.84 Å². The predicted octanol–water partition coefficient (Wildman–Crippen LogP) is 4.62. The maximum atomic E-state index is 11.0. The molecule has 1 aromatic carbocycles. The van der Waals surface area contributed by atoms with Crippen LogP contribution < -0.4 is 0 Å². The fourth-order valence-electron chi connectivity index (χ4n) is 2.92. The Kier molecular flexibility index (Phi) is 5.97. The topological polar surface area (TPSA) is 38.7 Å². The highest BCUT2D eigenvalue weighted by molar-refractivity contribution is 6.00. The number of oxime groups is 1. The van der Waals surface area contributed by atoms with Crippen LogP contribution in [0.1, 0.15) is 63.0 Å². The first kappa shape index (κ1) is 15.7. The first-order valence-corrected chi connectivity index (χ1v) is 7.96. The van der Waals surface area contributed by atoms with Gasteiger partial charge >= 0.3 is 5.97 Å². The van der Waals surface area contributed by atoms with Gasteiger partial charge in [0, 0.05) is 6.92 Å². The van der Waals surface area contributed by atoms with Gasteiger partial charge in [-0.1, -0.05) is 67.1 Å². The summed E-state index contributed by atoms with van der Waals surface area (Å²) in [5.41, 5.74) is 3.16. The first-order valence-electron chi connectivity index (χ1n) is 7.96. The third-order valence-electron chi connectivity index (χ3n) is 4.18. The lowest BCUT2D eigenvalue weighted by Gasteiger charge is -2.21. The van der Waals surface area contributed by atoms with Gasteiger partial charge in [-0.15, -0.1) is 0 Å². The lowest BCUT2D eigenvalue weighted by atomic mass is 9.85. The number of carbonyl (C=O) groups excluding carboxylic acids is 1. The Morgan fingerprint density at radius 2 is 1.86 bits per heavy atom. The van der Waals surface area contributed by atoms with Gasteiger partial charge in [-0.3, -0.25) is 0 Å². The second-order valence-electron chi connectivity index (χ2n) is 6.03. The van der Waals surface area contributed by atoms with Crippen molar-refractivity contribution in [1.82, 2.24) is 0 Å². The predicted molar refractivity (Wildman–Crippen MR) is 85.3 cm³/mol. The van der Waals surface area contributed by atoms with Crippen LogP contribution in [0.2, 0.25) is 0 Å². The summed E-state index contributed by atoms with van der Waals surface area (Å²) in [4.78, 5) is 15.9. The third kappa shape index (κ3) is 5.33. The van der Waals surface area contributed by atoms with Gasteiger partial charge in [0.25, 0.3) is 0 Å². The Labute approximate surface area is 127 Å². The SMILES string of the molecule is CC(=O)ON=C(CCC1CCCCC1)c1ccc(C)cc1. The summed E-state index contributed by atoms with van der Waals surface area (Å²) in [6.45, 7) is 3.45. The van der Waals surface area contributed by atoms with Crippen LogP contribution in [0.25, 0.3) is 0 Å². The zero-order valence-electron chi connectivity index (χ0n) is 13.1. The van der Waals surface area contributed by atoms with Crippen molar-refractivity contribution in [3.63, 3.8) is 0 Å². The van der Waals surface area contributed by atoms with E-state index in [1.54, 1.807) is 0 Å². The van der Waals surface area contributed by atoms with E-state index >= 15 is 0 Å². The average molecular weight is 287 g/mol. The standard InChI is InChI=1S/C18H25NO2/c1-14-8-11-17(12-9-14)18(19-21-15(2)20)13-10-16-6-4-3-5-7-16/h8-9,11-12,16H,3-7,10,13H2,1-2H3. The number of aryl methyl sites for hydroxylation is 1. The Hall–Kier alpha value is -1.64. The van der Waals surface area contributed by atoms with Crippen LogP contribution in [0, 0.1) is 12.8 Å². The minimum Gasteiger partial charge on any atom is -0.318 e. The molecule has 0 saturated heterocycles. The fraction of sp³-hybridized carbons (Fsp3) is 0.556. The number of rotatable bonds is 5. The molecule has 0 heterocycles. The highest BCUT2D eigenvalue weighted by atomic mass is 16.7. The monoisotopic (exact) mass is 287 g/mol. The van der Waals surface area contributed by atoms with Gasteiger partial charge in [-0.25, -0.2) is 4.79 Å². The van der Waals surface area contributed by atoms with Crippen molar-refractivity contribution in [2.24, 2.45) is 11.1 Å². The van der Waals surface area contributed by atoms with Gasteiger partial charge in [0.2, 0.25) is 0 Å². The van der Waals surface area contributed by atoms with Gasteiger partial charge in [-0.2, -0.15) is 0 Å². The summed E-state index contributed by atoms with van der Waals surface area (Å²) in [6.07, 6.45) is 8.75. The molecule has 0 radical (unpaired) electrons. The second kappa shape index (κ2) is 7.96. The van der Waals surface area contributed by atoms with Gasteiger partial charge in [0.15, 0.2) is 0 Å². The molecule has 1 fully saturated rings. The van der Waals surface area contributed by atoms with Gasteiger partial charge in [-0.05, 0) is 31.2 Å². The quantitative estimate of drug-likeness (QED) is 0.450. The molecule has 0 aromatic heterocycles. The average Bonchev–Trinajstić information content (AvgIpc) is 2.49. The van der Waals surface area contributed by atoms with E-state index in [0.29, 0.717) is 0 Å². The summed E-state index contributed by atoms with van der Waals surface area (Å²) in [7, 11) is 0. The Balaban J connectivity index is 2.02. The molecule has 3 heteroatoms. The maximum absolute atomic E-state index is 11.0. The lowest BCUT2D eigenvalue weighted by molar-refractivity contribution is -0.140. The van der Waals surface area contributed by atoms with Crippen LogP contribution in [-0.2, 0) is 9.63 Å². The lowest BCUT2D eigenvalue weighted by Crippen LogP contribution is -2.10. The normalized spacial score (nSPS) is 16.8. The smallest absolute Gasteiger partial charge is 0.318 e. The summed E-state index contributed by atoms with van der Waals surface area (Å²) < 4.78 is 0. The van der Waals surface area contributed by atoms with Crippen molar-refractivity contribution < 1.29 is 9.63 Å². The zero-order valence-corrected chi connectivity index (χ0v) is 13.1. The molecule has 0 N–H and O–H groups in total. The van der Waals surface area contributed by atoms with Crippen molar-refractivity contribution >= 4 is 11.7 Å². The highest BCUT2D eigenvalue weighted by Crippen LogP contribution is 2.28. The van der Waals surface area contributed by atoms with E-state index in [9.17, 15) is 4.79 Å². The molecule has 2 rings (SSSR count). The van der Waals surface area contributed by atoms with E-state index in [0.717, 1.165) is 30.0 Å². The minimum absolute atomic E-state index is 0.364. The molecule has 1 saturated carbocycles. The molecule has 3 nitrogen and oxygen atoms in total. The Morgan fingerprint density at radius 1 is 1.19 bits per heavy atom. The van der Waals surface area contributed by atoms with Crippen molar-refractivity contribution in [2.75, 3.05) is 0 Å². The van der Waals surface area contributed by atoms with Crippen molar-refractivity contribution in [1.29, 1.82) is 0 Å². The molecule has 0 amide bonds. The van der Waals surface area contributed by atoms with Crippen LogP contribution in [0.3, 0.4) is 0 Å². The second-order valence-corrected chi connectivity index (χ2v) is 6.03. The fourth-order valence-corrected chi connectivity index (χ4v) is 2.92. The van der Waals surface area contributed by atoms with Crippen molar-refractivity contribution in [2.45, 2.75) is 58.8 Å². The van der Waals surface area contributed by atoms with E-state index < -0.39 is 0 Å². The molecule has 21 heavy (non-hydrogen) atoms. The molecular formula is C18H25NO2. The van der Waals surface area contributed by atoms with Gasteiger partial charge in [0.1, 0.15) is 0 Å². The van der Waals surface area contributed by atoms with E-state index in [1.807, 2.05) is 0 Å². The summed E-state index contributed by atoms with van der Waals surface area (Å²) in [5.74, 6) is 0.434. The molecule has 1 aliphatic carbocycles. The molecule has 0 aliphatic heterocycles. The number of carbonyl (C=O) groups is 1. The van der Waals surface area contributed by atoms with Crippen molar-refractivity contribution in [3.8, 4) is 0 Å². The van der Waals surface area contributed by atoms with Gasteiger partial charge < -0.3 is 4.84 Å². The van der Waals surface area contributed by atoms with E-state index in [-0.39, 0.29) is 5.97 Å². The number of benzene rings is 1. The molecule has 1 aliphatic rings.